The highest BCUT2D eigenvalue weighted by Crippen LogP contribution is 2.38. The van der Waals surface area contributed by atoms with E-state index < -0.39 is 0 Å². The molecule has 4 aromatic rings. The van der Waals surface area contributed by atoms with Crippen molar-refractivity contribution >= 4 is 11.5 Å². The molecule has 3 aromatic heterocycles. The molecule has 0 unspecified atom stereocenters. The number of aromatic nitrogens is 6. The van der Waals surface area contributed by atoms with E-state index in [4.69, 9.17) is 4.52 Å². The van der Waals surface area contributed by atoms with E-state index in [2.05, 4.69) is 42.9 Å². The molecule has 0 atom stereocenters. The Bertz CT molecular complexity index is 1100. The predicted molar refractivity (Wildman–Crippen MR) is 104 cm³/mol. The third-order valence-corrected chi connectivity index (χ3v) is 4.93. The van der Waals surface area contributed by atoms with E-state index in [0.29, 0.717) is 11.8 Å². The number of aryl methyl sites for hydroxylation is 1. The predicted octanol–water partition coefficient (Wildman–Crippen LogP) is 3.27. The molecule has 1 N–H and O–H groups in total. The van der Waals surface area contributed by atoms with Gasteiger partial charge in [0, 0.05) is 24.4 Å². The Morgan fingerprint density at radius 2 is 1.96 bits per heavy atom. The van der Waals surface area contributed by atoms with Gasteiger partial charge in [-0.15, -0.1) is 15.3 Å². The Hall–Kier alpha value is -3.29. The second kappa shape index (κ2) is 7.03. The van der Waals surface area contributed by atoms with Crippen LogP contribution in [0.4, 0.5) is 5.82 Å². The van der Waals surface area contributed by atoms with Crippen molar-refractivity contribution in [1.82, 2.24) is 30.0 Å². The van der Waals surface area contributed by atoms with Crippen LogP contribution in [0.2, 0.25) is 0 Å². The molecule has 1 aliphatic rings. The molecule has 0 amide bonds. The van der Waals surface area contributed by atoms with Crippen LogP contribution in [-0.2, 0) is 12.8 Å². The third-order valence-electron chi connectivity index (χ3n) is 4.93. The van der Waals surface area contributed by atoms with E-state index in [9.17, 15) is 0 Å². The van der Waals surface area contributed by atoms with Crippen molar-refractivity contribution in [3.8, 4) is 11.5 Å². The fourth-order valence-electron chi connectivity index (χ4n) is 3.16. The van der Waals surface area contributed by atoms with Gasteiger partial charge in [-0.1, -0.05) is 24.2 Å². The van der Waals surface area contributed by atoms with E-state index in [1.807, 2.05) is 35.7 Å². The molecule has 0 saturated heterocycles. The molecule has 1 aromatic carbocycles. The second-order valence-corrected chi connectivity index (χ2v) is 7.06. The van der Waals surface area contributed by atoms with Gasteiger partial charge in [-0.25, -0.2) is 0 Å². The molecule has 8 nitrogen and oxygen atoms in total. The number of fused-ring (bicyclic) bond motifs is 1. The van der Waals surface area contributed by atoms with E-state index in [1.54, 1.807) is 0 Å². The van der Waals surface area contributed by atoms with Crippen molar-refractivity contribution in [2.45, 2.75) is 38.5 Å². The molecule has 1 fully saturated rings. The van der Waals surface area contributed by atoms with Crippen LogP contribution in [0.1, 0.15) is 42.9 Å². The average Bonchev–Trinajstić information content (AvgIpc) is 3.30. The molecule has 0 radical (unpaired) electrons. The summed E-state index contributed by atoms with van der Waals surface area (Å²) in [4.78, 5) is 4.36. The number of rotatable bonds is 7. The maximum Gasteiger partial charge on any atom is 0.257 e. The van der Waals surface area contributed by atoms with Crippen LogP contribution in [0.25, 0.3) is 17.1 Å². The smallest absolute Gasteiger partial charge is 0.257 e. The van der Waals surface area contributed by atoms with Crippen molar-refractivity contribution in [2.75, 3.05) is 11.9 Å². The zero-order valence-electron chi connectivity index (χ0n) is 15.7. The topological polar surface area (TPSA) is 94.0 Å². The van der Waals surface area contributed by atoms with Gasteiger partial charge in [0.15, 0.2) is 17.3 Å². The molecule has 0 bridgehead atoms. The fourth-order valence-corrected chi connectivity index (χ4v) is 3.16. The van der Waals surface area contributed by atoms with E-state index >= 15 is 0 Å². The summed E-state index contributed by atoms with van der Waals surface area (Å²) in [5.74, 6) is 3.62. The molecule has 8 heteroatoms. The summed E-state index contributed by atoms with van der Waals surface area (Å²) >= 11 is 0. The van der Waals surface area contributed by atoms with Crippen LogP contribution >= 0.6 is 0 Å². The Labute approximate surface area is 162 Å². The summed E-state index contributed by atoms with van der Waals surface area (Å²) in [5, 5.41) is 20.4. The van der Waals surface area contributed by atoms with Crippen LogP contribution in [0.3, 0.4) is 0 Å². The normalized spacial score (nSPS) is 13.9. The summed E-state index contributed by atoms with van der Waals surface area (Å²) in [7, 11) is 0. The largest absolute Gasteiger partial charge is 0.368 e. The van der Waals surface area contributed by atoms with Crippen LogP contribution in [0.15, 0.2) is 40.9 Å². The van der Waals surface area contributed by atoms with Crippen LogP contribution in [-0.4, -0.2) is 36.5 Å². The zero-order valence-corrected chi connectivity index (χ0v) is 15.7. The number of anilines is 1. The Morgan fingerprint density at radius 3 is 2.71 bits per heavy atom. The average molecular weight is 375 g/mol. The lowest BCUT2D eigenvalue weighted by atomic mass is 10.1. The summed E-state index contributed by atoms with van der Waals surface area (Å²) in [6.45, 7) is 2.80. The number of hydrogen-bond acceptors (Lipinski definition) is 7. The lowest BCUT2D eigenvalue weighted by molar-refractivity contribution is 0.423. The number of nitrogens with zero attached hydrogens (tertiary/aromatic N) is 6. The minimum Gasteiger partial charge on any atom is -0.368 e. The SMILES string of the molecule is CCc1noc(-c2ccc(CCNc3ccc4nnc(C5CC5)n4n3)cc2)n1. The van der Waals surface area contributed by atoms with Gasteiger partial charge < -0.3 is 9.84 Å². The molecule has 3 heterocycles. The molecular weight excluding hydrogens is 354 g/mol. The molecule has 1 saturated carbocycles. The third kappa shape index (κ3) is 3.33. The lowest BCUT2D eigenvalue weighted by Gasteiger charge is -2.07. The first kappa shape index (κ1) is 16.9. The first-order valence-corrected chi connectivity index (χ1v) is 9.68. The van der Waals surface area contributed by atoms with Crippen molar-refractivity contribution in [2.24, 2.45) is 0 Å². The highest BCUT2D eigenvalue weighted by Gasteiger charge is 2.29. The quantitative estimate of drug-likeness (QED) is 0.530. The molecule has 28 heavy (non-hydrogen) atoms. The monoisotopic (exact) mass is 375 g/mol. The molecule has 5 rings (SSSR count). The van der Waals surface area contributed by atoms with Crippen LogP contribution in [0.5, 0.6) is 0 Å². The summed E-state index contributed by atoms with van der Waals surface area (Å²) in [6.07, 6.45) is 4.02. The number of nitrogens with one attached hydrogen (secondary N) is 1. The van der Waals surface area contributed by atoms with Gasteiger partial charge in [0.1, 0.15) is 5.82 Å². The highest BCUT2D eigenvalue weighted by atomic mass is 16.5. The standard InChI is InChI=1S/C20H21N7O/c1-2-16-22-20(28-26-16)15-5-3-13(4-6-15)11-12-21-17-9-10-18-23-24-19(14-7-8-14)27(18)25-17/h3-6,9-10,14H,2,7-8,11-12H2,1H3,(H,21,25). The van der Waals surface area contributed by atoms with Gasteiger partial charge >= 0.3 is 0 Å². The van der Waals surface area contributed by atoms with Crippen LogP contribution < -0.4 is 5.32 Å². The van der Waals surface area contributed by atoms with Crippen molar-refractivity contribution < 1.29 is 4.52 Å². The minimum absolute atomic E-state index is 0.517. The first-order valence-electron chi connectivity index (χ1n) is 9.68. The summed E-state index contributed by atoms with van der Waals surface area (Å²) in [6, 6.07) is 12.1. The van der Waals surface area contributed by atoms with Crippen molar-refractivity contribution in [1.29, 1.82) is 0 Å². The minimum atomic E-state index is 0.517. The van der Waals surface area contributed by atoms with Gasteiger partial charge in [0.25, 0.3) is 5.89 Å². The highest BCUT2D eigenvalue weighted by molar-refractivity contribution is 5.53. The Balaban J connectivity index is 1.22. The van der Waals surface area contributed by atoms with Gasteiger partial charge in [-0.2, -0.15) is 9.50 Å². The van der Waals surface area contributed by atoms with Gasteiger partial charge in [-0.05, 0) is 49.1 Å². The first-order chi connectivity index (χ1) is 13.8. The second-order valence-electron chi connectivity index (χ2n) is 7.06. The van der Waals surface area contributed by atoms with Crippen molar-refractivity contribution in [3.63, 3.8) is 0 Å². The van der Waals surface area contributed by atoms with E-state index in [-0.39, 0.29) is 0 Å². The molecular formula is C20H21N7O. The zero-order chi connectivity index (χ0) is 18.9. The molecule has 1 aliphatic carbocycles. The van der Waals surface area contributed by atoms with Gasteiger partial charge in [-0.3, -0.25) is 0 Å². The molecule has 0 aliphatic heterocycles. The molecule has 0 spiro atoms. The maximum absolute atomic E-state index is 5.29. The molecule has 142 valence electrons. The van der Waals surface area contributed by atoms with Crippen LogP contribution in [0, 0.1) is 0 Å². The fraction of sp³-hybridized carbons (Fsp3) is 0.350. The Morgan fingerprint density at radius 1 is 1.11 bits per heavy atom. The van der Waals surface area contributed by atoms with E-state index in [1.165, 1.54) is 18.4 Å². The Kier molecular flexibility index (Phi) is 4.23. The van der Waals surface area contributed by atoms with E-state index in [0.717, 1.165) is 48.1 Å². The lowest BCUT2D eigenvalue weighted by Crippen LogP contribution is -2.08. The maximum atomic E-state index is 5.29. The summed E-state index contributed by atoms with van der Waals surface area (Å²) in [5.41, 5.74) is 2.97. The number of hydrogen-bond donors (Lipinski definition) is 1. The van der Waals surface area contributed by atoms with Gasteiger partial charge in [0.2, 0.25) is 0 Å². The van der Waals surface area contributed by atoms with Gasteiger partial charge in [0.05, 0.1) is 0 Å². The van der Waals surface area contributed by atoms with Crippen molar-refractivity contribution in [3.05, 3.63) is 53.6 Å². The summed E-state index contributed by atoms with van der Waals surface area (Å²) < 4.78 is 7.15. The number of benzene rings is 1.